The Hall–Kier alpha value is 0.500. The van der Waals surface area contributed by atoms with Crippen LogP contribution in [0.5, 0.6) is 0 Å². The molecular formula is C11H30Cl2N2. The smallest absolute Gasteiger partial charge is 0.0780 e. The van der Waals surface area contributed by atoms with Crippen LogP contribution in [-0.2, 0) is 0 Å². The molecule has 0 aliphatic heterocycles. The highest BCUT2D eigenvalue weighted by Gasteiger charge is 2.03. The molecule has 0 fully saturated rings. The molecule has 0 saturated heterocycles. The summed E-state index contributed by atoms with van der Waals surface area (Å²) >= 11 is 0. The van der Waals surface area contributed by atoms with Crippen LogP contribution in [0.3, 0.4) is 0 Å². The van der Waals surface area contributed by atoms with Crippen molar-refractivity contribution < 1.29 is 34.2 Å². The number of quaternary nitrogens is 2. The van der Waals surface area contributed by atoms with E-state index in [0.29, 0.717) is 0 Å². The number of hydrogen-bond acceptors (Lipinski definition) is 0. The molecule has 0 heterocycles. The first-order chi connectivity index (χ1) is 5.79. The Labute approximate surface area is 109 Å². The maximum Gasteiger partial charge on any atom is 0.0780 e. The molecule has 0 saturated carbocycles. The molecule has 0 atom stereocenters. The first kappa shape index (κ1) is 24.6. The zero-order valence-electron chi connectivity index (χ0n) is 11.5. The zero-order chi connectivity index (χ0) is 10.9. The Balaban J connectivity index is -0.0000000883. The zero-order valence-corrected chi connectivity index (χ0v) is 13.0. The number of nitrogens with zero attached hydrogens (tertiary/aromatic N) is 1. The summed E-state index contributed by atoms with van der Waals surface area (Å²) in [4.78, 5) is 1.42. The summed E-state index contributed by atoms with van der Waals surface area (Å²) in [5.74, 6) is 0. The number of nitrogens with one attached hydrogen (secondary N) is 1. The molecule has 4 heteroatoms. The van der Waals surface area contributed by atoms with Gasteiger partial charge < -0.3 is 34.2 Å². The topological polar surface area (TPSA) is 4.44 Å². The predicted molar refractivity (Wildman–Crippen MR) is 61.2 cm³/mol. The largest absolute Gasteiger partial charge is 1.00 e. The molecule has 0 aliphatic carbocycles. The van der Waals surface area contributed by atoms with Crippen molar-refractivity contribution in [2.24, 2.45) is 0 Å². The van der Waals surface area contributed by atoms with Crippen LogP contribution < -0.4 is 29.7 Å². The first-order valence-electron chi connectivity index (χ1n) is 5.36. The van der Waals surface area contributed by atoms with E-state index in [1.54, 1.807) is 0 Å². The van der Waals surface area contributed by atoms with Gasteiger partial charge in [0.25, 0.3) is 0 Å². The van der Waals surface area contributed by atoms with Crippen molar-refractivity contribution in [1.82, 2.24) is 0 Å². The van der Waals surface area contributed by atoms with Crippen LogP contribution >= 0.6 is 0 Å². The molecule has 0 spiro atoms. The van der Waals surface area contributed by atoms with Crippen LogP contribution in [-0.4, -0.2) is 53.3 Å². The van der Waals surface area contributed by atoms with Gasteiger partial charge in [-0.2, -0.15) is 0 Å². The average Bonchev–Trinajstić information content (AvgIpc) is 1.83. The number of hydrogen-bond donors (Lipinski definition) is 1. The molecule has 0 unspecified atom stereocenters. The number of rotatable bonds is 4. The highest BCUT2D eigenvalue weighted by Crippen LogP contribution is 1.98. The Kier molecular flexibility index (Phi) is 23.8. The minimum atomic E-state index is 0. The SMILES string of the molecule is CCCCC[N+](C)(C)C.C[NH+](C)C.[Cl-].[Cl-]. The molecule has 2 nitrogen and oxygen atoms in total. The van der Waals surface area contributed by atoms with Crippen LogP contribution in [0.4, 0.5) is 0 Å². The van der Waals surface area contributed by atoms with Gasteiger partial charge in [0.15, 0.2) is 0 Å². The average molecular weight is 261 g/mol. The van der Waals surface area contributed by atoms with Crippen molar-refractivity contribution in [1.29, 1.82) is 0 Å². The second-order valence-corrected chi connectivity index (χ2v) is 5.22. The number of halogens is 2. The van der Waals surface area contributed by atoms with Crippen LogP contribution in [0.15, 0.2) is 0 Å². The van der Waals surface area contributed by atoms with E-state index in [-0.39, 0.29) is 24.8 Å². The fraction of sp³-hybridized carbons (Fsp3) is 1.00. The van der Waals surface area contributed by atoms with E-state index in [4.69, 9.17) is 0 Å². The van der Waals surface area contributed by atoms with Crippen LogP contribution in [0.25, 0.3) is 0 Å². The Morgan fingerprint density at radius 2 is 1.20 bits per heavy atom. The third kappa shape index (κ3) is 53.6. The van der Waals surface area contributed by atoms with Crippen molar-refractivity contribution in [3.63, 3.8) is 0 Å². The molecular weight excluding hydrogens is 231 g/mol. The molecule has 0 radical (unpaired) electrons. The summed E-state index contributed by atoms with van der Waals surface area (Å²) in [7, 11) is 13.0. The lowest BCUT2D eigenvalue weighted by Gasteiger charge is -2.23. The summed E-state index contributed by atoms with van der Waals surface area (Å²) in [5, 5.41) is 0. The lowest BCUT2D eigenvalue weighted by Crippen LogP contribution is -3.02. The van der Waals surface area contributed by atoms with E-state index in [9.17, 15) is 0 Å². The molecule has 0 aromatic carbocycles. The maximum atomic E-state index is 2.25. The molecule has 0 aromatic rings. The molecule has 1 N–H and O–H groups in total. The van der Waals surface area contributed by atoms with Gasteiger partial charge in [-0.15, -0.1) is 0 Å². The van der Waals surface area contributed by atoms with Gasteiger partial charge in [0, 0.05) is 0 Å². The van der Waals surface area contributed by atoms with E-state index in [2.05, 4.69) is 49.2 Å². The quantitative estimate of drug-likeness (QED) is 0.381. The van der Waals surface area contributed by atoms with Gasteiger partial charge in [-0.3, -0.25) is 0 Å². The standard InChI is InChI=1S/C8H20N.C3H9N.2ClH/c1-5-6-7-8-9(2,3)4;1-4(2)3;;/h5-8H2,1-4H3;1-3H3;2*1H/q+1;;;/p-1. The highest BCUT2D eigenvalue weighted by molar-refractivity contribution is 4.34. The van der Waals surface area contributed by atoms with Gasteiger partial charge in [0.2, 0.25) is 0 Å². The van der Waals surface area contributed by atoms with Gasteiger partial charge in [0.1, 0.15) is 0 Å². The first-order valence-corrected chi connectivity index (χ1v) is 5.36. The normalized spacial score (nSPS) is 9.60. The van der Waals surface area contributed by atoms with Crippen molar-refractivity contribution in [3.8, 4) is 0 Å². The minimum absolute atomic E-state index is 0. The number of unbranched alkanes of at least 4 members (excludes halogenated alkanes) is 2. The fourth-order valence-corrected chi connectivity index (χ4v) is 0.836. The highest BCUT2D eigenvalue weighted by atomic mass is 35.5. The molecule has 0 aromatic heterocycles. The van der Waals surface area contributed by atoms with Gasteiger partial charge in [-0.05, 0) is 12.8 Å². The molecule has 0 aliphatic rings. The van der Waals surface area contributed by atoms with Crippen LogP contribution in [0.1, 0.15) is 26.2 Å². The molecule has 0 amide bonds. The molecule has 0 rings (SSSR count). The van der Waals surface area contributed by atoms with E-state index < -0.39 is 0 Å². The Bertz CT molecular complexity index is 98.5. The Morgan fingerprint density at radius 3 is 1.40 bits per heavy atom. The molecule has 15 heavy (non-hydrogen) atoms. The summed E-state index contributed by atoms with van der Waals surface area (Å²) in [6.07, 6.45) is 4.09. The van der Waals surface area contributed by atoms with Gasteiger partial charge >= 0.3 is 0 Å². The van der Waals surface area contributed by atoms with Crippen molar-refractivity contribution in [3.05, 3.63) is 0 Å². The van der Waals surface area contributed by atoms with E-state index in [1.807, 2.05) is 0 Å². The third-order valence-corrected chi connectivity index (χ3v) is 1.43. The monoisotopic (exact) mass is 260 g/mol. The van der Waals surface area contributed by atoms with Crippen LogP contribution in [0, 0.1) is 0 Å². The second kappa shape index (κ2) is 14.5. The lowest BCUT2D eigenvalue weighted by atomic mass is 10.2. The second-order valence-electron chi connectivity index (χ2n) is 5.22. The predicted octanol–water partition coefficient (Wildman–Crippen LogP) is -5.35. The summed E-state index contributed by atoms with van der Waals surface area (Å²) < 4.78 is 1.11. The van der Waals surface area contributed by atoms with Gasteiger partial charge in [-0.25, -0.2) is 0 Å². The van der Waals surface area contributed by atoms with Gasteiger partial charge in [-0.1, -0.05) is 13.3 Å². The molecule has 98 valence electrons. The van der Waals surface area contributed by atoms with Crippen molar-refractivity contribution in [2.75, 3.05) is 48.8 Å². The Morgan fingerprint density at radius 1 is 0.867 bits per heavy atom. The summed E-state index contributed by atoms with van der Waals surface area (Å²) in [5.41, 5.74) is 0. The van der Waals surface area contributed by atoms with Crippen molar-refractivity contribution in [2.45, 2.75) is 26.2 Å². The third-order valence-electron chi connectivity index (χ3n) is 1.43. The summed E-state index contributed by atoms with van der Waals surface area (Å²) in [6.45, 7) is 3.56. The lowest BCUT2D eigenvalue weighted by molar-refractivity contribution is -0.870. The van der Waals surface area contributed by atoms with Crippen LogP contribution in [0.2, 0.25) is 0 Å². The van der Waals surface area contributed by atoms with Gasteiger partial charge in [0.05, 0.1) is 48.8 Å². The maximum absolute atomic E-state index is 2.25. The van der Waals surface area contributed by atoms with E-state index >= 15 is 0 Å². The van der Waals surface area contributed by atoms with Crippen molar-refractivity contribution >= 4 is 0 Å². The van der Waals surface area contributed by atoms with E-state index in [0.717, 1.165) is 4.48 Å². The fourth-order valence-electron chi connectivity index (χ4n) is 0.836. The summed E-state index contributed by atoms with van der Waals surface area (Å²) in [6, 6.07) is 0. The van der Waals surface area contributed by atoms with E-state index in [1.165, 1.54) is 30.7 Å². The minimum Gasteiger partial charge on any atom is -1.00 e. The molecule has 0 bridgehead atoms.